The van der Waals surface area contributed by atoms with Crippen molar-refractivity contribution in [2.45, 2.75) is 24.3 Å². The minimum Gasteiger partial charge on any atom is -0.455 e. The molecule has 2 N–H and O–H groups in total. The summed E-state index contributed by atoms with van der Waals surface area (Å²) in [5.41, 5.74) is 0. The summed E-state index contributed by atoms with van der Waals surface area (Å²) >= 11 is 1.52. The molecule has 0 radical (unpaired) electrons. The van der Waals surface area contributed by atoms with E-state index < -0.39 is 5.91 Å². The molecule has 0 bridgehead atoms. The molecule has 124 valence electrons. The molecule has 0 aliphatic heterocycles. The molecule has 0 aliphatic carbocycles. The number of nitrogens with zero attached hydrogens (tertiary/aromatic N) is 2. The maximum atomic E-state index is 11.9. The van der Waals surface area contributed by atoms with Crippen LogP contribution in [0, 0.1) is 0 Å². The SMILES string of the molecule is CCCNC(=O)CNC(=O)c1ccc(CSc2nccn2C)o1. The molecule has 0 spiro atoms. The van der Waals surface area contributed by atoms with Crippen LogP contribution in [0.25, 0.3) is 0 Å². The van der Waals surface area contributed by atoms with E-state index in [9.17, 15) is 9.59 Å². The van der Waals surface area contributed by atoms with Gasteiger partial charge in [-0.25, -0.2) is 4.98 Å². The Labute approximate surface area is 138 Å². The molecule has 2 heterocycles. The van der Waals surface area contributed by atoms with Gasteiger partial charge in [0.05, 0.1) is 12.3 Å². The lowest BCUT2D eigenvalue weighted by molar-refractivity contribution is -0.120. The predicted octanol–water partition coefficient (Wildman–Crippen LogP) is 1.56. The normalized spacial score (nSPS) is 10.5. The van der Waals surface area contributed by atoms with Crippen molar-refractivity contribution < 1.29 is 14.0 Å². The first kappa shape index (κ1) is 17.1. The minimum absolute atomic E-state index is 0.0586. The van der Waals surface area contributed by atoms with Crippen molar-refractivity contribution in [2.24, 2.45) is 7.05 Å². The lowest BCUT2D eigenvalue weighted by Crippen LogP contribution is -2.37. The molecule has 8 heteroatoms. The second-order valence-corrected chi connectivity index (χ2v) is 5.85. The summed E-state index contributed by atoms with van der Waals surface area (Å²) in [5.74, 6) is 0.847. The van der Waals surface area contributed by atoms with Crippen LogP contribution in [-0.4, -0.2) is 34.5 Å². The number of nitrogens with one attached hydrogen (secondary N) is 2. The number of hydrogen-bond acceptors (Lipinski definition) is 5. The highest BCUT2D eigenvalue weighted by Crippen LogP contribution is 2.21. The van der Waals surface area contributed by atoms with Crippen LogP contribution in [0.4, 0.5) is 0 Å². The van der Waals surface area contributed by atoms with E-state index in [0.29, 0.717) is 18.1 Å². The number of aryl methyl sites for hydroxylation is 1. The number of furan rings is 1. The van der Waals surface area contributed by atoms with Gasteiger partial charge in [0, 0.05) is 26.0 Å². The van der Waals surface area contributed by atoms with Crippen molar-refractivity contribution >= 4 is 23.6 Å². The van der Waals surface area contributed by atoms with Gasteiger partial charge in [0.15, 0.2) is 10.9 Å². The van der Waals surface area contributed by atoms with Crippen LogP contribution in [0.2, 0.25) is 0 Å². The highest BCUT2D eigenvalue weighted by molar-refractivity contribution is 7.98. The van der Waals surface area contributed by atoms with Gasteiger partial charge in [-0.05, 0) is 18.6 Å². The van der Waals surface area contributed by atoms with Crippen LogP contribution >= 0.6 is 11.8 Å². The van der Waals surface area contributed by atoms with Crippen molar-refractivity contribution in [1.29, 1.82) is 0 Å². The van der Waals surface area contributed by atoms with E-state index in [1.54, 1.807) is 18.3 Å². The van der Waals surface area contributed by atoms with E-state index in [1.807, 2.05) is 24.7 Å². The summed E-state index contributed by atoms with van der Waals surface area (Å²) in [6.45, 7) is 2.51. The second kappa shape index (κ2) is 8.42. The summed E-state index contributed by atoms with van der Waals surface area (Å²) in [5, 5.41) is 6.10. The van der Waals surface area contributed by atoms with Crippen LogP contribution in [0.1, 0.15) is 29.7 Å². The maximum Gasteiger partial charge on any atom is 0.287 e. The van der Waals surface area contributed by atoms with Crippen molar-refractivity contribution in [2.75, 3.05) is 13.1 Å². The average molecular weight is 336 g/mol. The molecule has 0 atom stereocenters. The molecular formula is C15H20N4O3S. The van der Waals surface area contributed by atoms with E-state index in [1.165, 1.54) is 11.8 Å². The van der Waals surface area contributed by atoms with E-state index >= 15 is 0 Å². The lowest BCUT2D eigenvalue weighted by Gasteiger charge is -2.04. The number of amides is 2. The molecule has 0 saturated heterocycles. The molecule has 2 aromatic rings. The van der Waals surface area contributed by atoms with E-state index in [-0.39, 0.29) is 18.2 Å². The molecule has 23 heavy (non-hydrogen) atoms. The Morgan fingerprint density at radius 1 is 1.35 bits per heavy atom. The lowest BCUT2D eigenvalue weighted by atomic mass is 10.4. The summed E-state index contributed by atoms with van der Waals surface area (Å²) in [7, 11) is 1.92. The third-order valence-electron chi connectivity index (χ3n) is 2.99. The molecule has 0 saturated carbocycles. The number of rotatable bonds is 8. The summed E-state index contributed by atoms with van der Waals surface area (Å²) < 4.78 is 7.41. The molecule has 0 aliphatic rings. The Balaban J connectivity index is 1.80. The summed E-state index contributed by atoms with van der Waals surface area (Å²) in [6.07, 6.45) is 4.45. The molecule has 7 nitrogen and oxygen atoms in total. The molecule has 2 amide bonds. The van der Waals surface area contributed by atoms with Gasteiger partial charge in [-0.15, -0.1) is 0 Å². The Morgan fingerprint density at radius 2 is 2.17 bits per heavy atom. The number of carbonyl (C=O) groups is 2. The van der Waals surface area contributed by atoms with Crippen molar-refractivity contribution in [3.63, 3.8) is 0 Å². The van der Waals surface area contributed by atoms with Gasteiger partial charge in [0.1, 0.15) is 5.76 Å². The third kappa shape index (κ3) is 5.17. The van der Waals surface area contributed by atoms with E-state index in [4.69, 9.17) is 4.42 Å². The second-order valence-electron chi connectivity index (χ2n) is 4.91. The molecule has 2 rings (SSSR count). The van der Waals surface area contributed by atoms with Crippen molar-refractivity contribution in [1.82, 2.24) is 20.2 Å². The number of hydrogen-bond donors (Lipinski definition) is 2. The Kier molecular flexibility index (Phi) is 6.28. The van der Waals surface area contributed by atoms with Crippen LogP contribution in [0.15, 0.2) is 34.1 Å². The molecular weight excluding hydrogens is 316 g/mol. The topological polar surface area (TPSA) is 89.2 Å². The summed E-state index contributed by atoms with van der Waals surface area (Å²) in [4.78, 5) is 27.6. The van der Waals surface area contributed by atoms with E-state index in [0.717, 1.165) is 11.6 Å². The van der Waals surface area contributed by atoms with Crippen LogP contribution in [-0.2, 0) is 17.6 Å². The highest BCUT2D eigenvalue weighted by Gasteiger charge is 2.13. The summed E-state index contributed by atoms with van der Waals surface area (Å²) in [6, 6.07) is 3.36. The van der Waals surface area contributed by atoms with Crippen LogP contribution < -0.4 is 10.6 Å². The monoisotopic (exact) mass is 336 g/mol. The number of carbonyl (C=O) groups excluding carboxylic acids is 2. The average Bonchev–Trinajstić information content (AvgIpc) is 3.17. The molecule has 0 fully saturated rings. The first-order chi connectivity index (χ1) is 11.1. The van der Waals surface area contributed by atoms with Crippen molar-refractivity contribution in [3.05, 3.63) is 36.0 Å². The molecule has 2 aromatic heterocycles. The first-order valence-corrected chi connectivity index (χ1v) is 8.32. The quantitative estimate of drug-likeness (QED) is 0.714. The molecule has 0 unspecified atom stereocenters. The van der Waals surface area contributed by atoms with Gasteiger partial charge in [-0.3, -0.25) is 9.59 Å². The van der Waals surface area contributed by atoms with Crippen molar-refractivity contribution in [3.8, 4) is 0 Å². The third-order valence-corrected chi connectivity index (χ3v) is 4.07. The van der Waals surface area contributed by atoms with E-state index in [2.05, 4.69) is 15.6 Å². The first-order valence-electron chi connectivity index (χ1n) is 7.34. The Bertz CT molecular complexity index is 665. The molecule has 0 aromatic carbocycles. The minimum atomic E-state index is -0.398. The number of imidazole rings is 1. The van der Waals surface area contributed by atoms with Gasteiger partial charge >= 0.3 is 0 Å². The Hall–Kier alpha value is -2.22. The predicted molar refractivity (Wildman–Crippen MR) is 87.1 cm³/mol. The number of thioether (sulfide) groups is 1. The zero-order valence-corrected chi connectivity index (χ0v) is 14.0. The fraction of sp³-hybridized carbons (Fsp3) is 0.400. The zero-order chi connectivity index (χ0) is 16.7. The Morgan fingerprint density at radius 3 is 2.87 bits per heavy atom. The largest absolute Gasteiger partial charge is 0.455 e. The van der Waals surface area contributed by atoms with Crippen LogP contribution in [0.3, 0.4) is 0 Å². The van der Waals surface area contributed by atoms with Gasteiger partial charge in [-0.1, -0.05) is 18.7 Å². The number of aromatic nitrogens is 2. The fourth-order valence-electron chi connectivity index (χ4n) is 1.78. The highest BCUT2D eigenvalue weighted by atomic mass is 32.2. The van der Waals surface area contributed by atoms with Gasteiger partial charge < -0.3 is 19.6 Å². The van der Waals surface area contributed by atoms with Crippen LogP contribution in [0.5, 0.6) is 0 Å². The smallest absolute Gasteiger partial charge is 0.287 e. The zero-order valence-electron chi connectivity index (χ0n) is 13.2. The maximum absolute atomic E-state index is 11.9. The van der Waals surface area contributed by atoms with Gasteiger partial charge in [0.2, 0.25) is 5.91 Å². The fourth-order valence-corrected chi connectivity index (χ4v) is 2.61. The van der Waals surface area contributed by atoms with Gasteiger partial charge in [0.25, 0.3) is 5.91 Å². The standard InChI is InChI=1S/C15H20N4O3S/c1-3-6-16-13(20)9-18-14(21)12-5-4-11(22-12)10-23-15-17-7-8-19(15)2/h4-5,7-8H,3,6,9-10H2,1-2H3,(H,16,20)(H,18,21). The van der Waals surface area contributed by atoms with Gasteiger partial charge in [-0.2, -0.15) is 0 Å².